The Morgan fingerprint density at radius 2 is 2.10 bits per heavy atom. The highest BCUT2D eigenvalue weighted by Gasteiger charge is 2.34. The number of rotatable bonds is 4. The second kappa shape index (κ2) is 7.66. The summed E-state index contributed by atoms with van der Waals surface area (Å²) < 4.78 is 13.4. The lowest BCUT2D eigenvalue weighted by molar-refractivity contribution is -0.121. The maximum atomic E-state index is 13.4. The number of amides is 1. The molecule has 1 aliphatic carbocycles. The second-order valence-electron chi connectivity index (χ2n) is 8.16. The molecular weight excluding hydrogens is 369 g/mol. The van der Waals surface area contributed by atoms with Crippen molar-refractivity contribution >= 4 is 5.91 Å². The van der Waals surface area contributed by atoms with Crippen molar-refractivity contribution < 1.29 is 9.18 Å². The van der Waals surface area contributed by atoms with Gasteiger partial charge < -0.3 is 5.32 Å². The Morgan fingerprint density at radius 3 is 2.86 bits per heavy atom. The summed E-state index contributed by atoms with van der Waals surface area (Å²) in [4.78, 5) is 30.1. The van der Waals surface area contributed by atoms with E-state index in [1.165, 1.54) is 12.1 Å². The van der Waals surface area contributed by atoms with Crippen molar-refractivity contribution in [2.24, 2.45) is 5.41 Å². The molecule has 0 aliphatic heterocycles. The first-order chi connectivity index (χ1) is 13.9. The lowest BCUT2D eigenvalue weighted by Gasteiger charge is -2.36. The maximum absolute atomic E-state index is 13.4. The smallest absolute Gasteiger partial charge is 0.224 e. The molecule has 0 spiro atoms. The van der Waals surface area contributed by atoms with Crippen LogP contribution in [0.5, 0.6) is 0 Å². The van der Waals surface area contributed by atoms with Gasteiger partial charge in [-0.05, 0) is 36.0 Å². The molecule has 0 radical (unpaired) electrons. The zero-order valence-electron chi connectivity index (χ0n) is 16.4. The first kappa shape index (κ1) is 19.1. The van der Waals surface area contributed by atoms with Gasteiger partial charge in [0, 0.05) is 24.2 Å². The van der Waals surface area contributed by atoms with E-state index in [0.717, 1.165) is 24.1 Å². The number of benzene rings is 1. The van der Waals surface area contributed by atoms with E-state index in [1.54, 1.807) is 36.9 Å². The summed E-state index contributed by atoms with van der Waals surface area (Å²) in [5.41, 5.74) is 3.06. The highest BCUT2D eigenvalue weighted by Crippen LogP contribution is 2.40. The minimum atomic E-state index is -0.343. The summed E-state index contributed by atoms with van der Waals surface area (Å²) >= 11 is 0. The number of nitrogens with one attached hydrogen (secondary N) is 1. The second-order valence-corrected chi connectivity index (χ2v) is 8.16. The molecule has 2 heterocycles. The van der Waals surface area contributed by atoms with E-state index in [1.807, 2.05) is 0 Å². The Hall–Kier alpha value is -3.22. The third kappa shape index (κ3) is 4.45. The average molecular weight is 391 g/mol. The number of nitrogens with zero attached hydrogens (tertiary/aromatic N) is 4. The summed E-state index contributed by atoms with van der Waals surface area (Å²) in [6, 6.07) is 5.92. The fraction of sp³-hybridized carbons (Fsp3) is 0.318. The van der Waals surface area contributed by atoms with E-state index in [4.69, 9.17) is 4.98 Å². The van der Waals surface area contributed by atoms with Gasteiger partial charge in [-0.1, -0.05) is 26.0 Å². The van der Waals surface area contributed by atoms with Gasteiger partial charge in [0.05, 0.1) is 24.4 Å². The van der Waals surface area contributed by atoms with Gasteiger partial charge in [-0.15, -0.1) is 0 Å². The van der Waals surface area contributed by atoms with Gasteiger partial charge in [0.1, 0.15) is 11.5 Å². The quantitative estimate of drug-likeness (QED) is 0.737. The Morgan fingerprint density at radius 1 is 1.24 bits per heavy atom. The van der Waals surface area contributed by atoms with Gasteiger partial charge >= 0.3 is 0 Å². The summed E-state index contributed by atoms with van der Waals surface area (Å²) in [5.74, 6) is 0.0334. The molecule has 3 aromatic rings. The van der Waals surface area contributed by atoms with Crippen LogP contribution in [0.3, 0.4) is 0 Å². The summed E-state index contributed by atoms with van der Waals surface area (Å²) in [7, 11) is 0. The van der Waals surface area contributed by atoms with Crippen molar-refractivity contribution in [3.63, 3.8) is 0 Å². The van der Waals surface area contributed by atoms with Crippen LogP contribution in [0.1, 0.15) is 43.1 Å². The van der Waals surface area contributed by atoms with Crippen LogP contribution in [0.25, 0.3) is 11.5 Å². The highest BCUT2D eigenvalue weighted by molar-refractivity contribution is 5.79. The number of carbonyl (C=O) groups is 1. The van der Waals surface area contributed by atoms with Crippen LogP contribution in [0.2, 0.25) is 0 Å². The van der Waals surface area contributed by atoms with Crippen LogP contribution in [0, 0.1) is 11.2 Å². The maximum Gasteiger partial charge on any atom is 0.224 e. The van der Waals surface area contributed by atoms with Gasteiger partial charge in [0.25, 0.3) is 0 Å². The highest BCUT2D eigenvalue weighted by atomic mass is 19.1. The number of fused-ring (bicyclic) bond motifs is 1. The van der Waals surface area contributed by atoms with E-state index in [9.17, 15) is 9.18 Å². The number of aromatic nitrogens is 4. The first-order valence-corrected chi connectivity index (χ1v) is 9.56. The molecule has 0 bridgehead atoms. The molecule has 1 amide bonds. The molecule has 7 heteroatoms. The Bertz CT molecular complexity index is 1040. The van der Waals surface area contributed by atoms with Gasteiger partial charge in [-0.2, -0.15) is 0 Å². The van der Waals surface area contributed by atoms with Crippen molar-refractivity contribution in [3.05, 3.63) is 71.7 Å². The molecule has 29 heavy (non-hydrogen) atoms. The van der Waals surface area contributed by atoms with Crippen LogP contribution in [-0.2, 0) is 17.6 Å². The number of hydrogen-bond acceptors (Lipinski definition) is 5. The third-order valence-corrected chi connectivity index (χ3v) is 5.06. The molecule has 2 aromatic heterocycles. The predicted molar refractivity (Wildman–Crippen MR) is 106 cm³/mol. The molecule has 0 fully saturated rings. The van der Waals surface area contributed by atoms with Crippen molar-refractivity contribution in [2.45, 2.75) is 39.2 Å². The van der Waals surface area contributed by atoms with Gasteiger partial charge in [-0.25, -0.2) is 19.3 Å². The molecule has 148 valence electrons. The van der Waals surface area contributed by atoms with Crippen molar-refractivity contribution in [1.29, 1.82) is 0 Å². The minimum Gasteiger partial charge on any atom is -0.349 e. The molecule has 1 N–H and O–H groups in total. The zero-order valence-corrected chi connectivity index (χ0v) is 16.4. The largest absolute Gasteiger partial charge is 0.349 e. The van der Waals surface area contributed by atoms with E-state index in [2.05, 4.69) is 34.1 Å². The Labute approximate surface area is 168 Å². The zero-order chi connectivity index (χ0) is 20.4. The summed E-state index contributed by atoms with van der Waals surface area (Å²) in [5, 5.41) is 3.09. The van der Waals surface area contributed by atoms with Crippen molar-refractivity contribution in [1.82, 2.24) is 25.3 Å². The van der Waals surface area contributed by atoms with Crippen LogP contribution in [0.15, 0.2) is 49.1 Å². The van der Waals surface area contributed by atoms with Crippen LogP contribution in [0.4, 0.5) is 4.39 Å². The van der Waals surface area contributed by atoms with Crippen molar-refractivity contribution in [2.75, 3.05) is 0 Å². The van der Waals surface area contributed by atoms with Gasteiger partial charge in [0.15, 0.2) is 5.82 Å². The van der Waals surface area contributed by atoms with E-state index in [0.29, 0.717) is 17.1 Å². The minimum absolute atomic E-state index is 0.0300. The number of halogens is 1. The molecular formula is C22H22FN5O. The van der Waals surface area contributed by atoms with Crippen LogP contribution in [-0.4, -0.2) is 25.8 Å². The summed E-state index contributed by atoms with van der Waals surface area (Å²) in [6.07, 6.45) is 8.31. The Balaban J connectivity index is 1.58. The Kier molecular flexibility index (Phi) is 5.05. The SMILES string of the molecule is CC1(C)Cc2nc(-c3cnccn3)ncc2C(NC(=O)Cc2cccc(F)c2)C1. The molecule has 0 saturated carbocycles. The number of carbonyl (C=O) groups excluding carboxylic acids is 1. The predicted octanol–water partition coefficient (Wildman–Crippen LogP) is 3.45. The van der Waals surface area contributed by atoms with E-state index < -0.39 is 0 Å². The van der Waals surface area contributed by atoms with E-state index in [-0.39, 0.29) is 29.6 Å². The first-order valence-electron chi connectivity index (χ1n) is 9.56. The van der Waals surface area contributed by atoms with Gasteiger partial charge in [0.2, 0.25) is 5.91 Å². The topological polar surface area (TPSA) is 80.7 Å². The monoisotopic (exact) mass is 391 g/mol. The number of hydrogen-bond donors (Lipinski definition) is 1. The van der Waals surface area contributed by atoms with E-state index >= 15 is 0 Å². The average Bonchev–Trinajstić information content (AvgIpc) is 2.67. The molecule has 1 aromatic carbocycles. The standard InChI is InChI=1S/C22H22FN5O/c1-22(2)10-17(27-20(29)9-14-4-3-5-15(23)8-14)16-12-26-21(28-18(16)11-22)19-13-24-6-7-25-19/h3-8,12-13,17H,9-11H2,1-2H3,(H,27,29). The normalized spacial score (nSPS) is 17.4. The summed E-state index contributed by atoms with van der Waals surface area (Å²) in [6.45, 7) is 4.32. The molecule has 1 atom stereocenters. The molecule has 6 nitrogen and oxygen atoms in total. The lowest BCUT2D eigenvalue weighted by Crippen LogP contribution is -2.37. The fourth-order valence-electron chi connectivity index (χ4n) is 3.79. The third-order valence-electron chi connectivity index (χ3n) is 5.06. The molecule has 0 saturated heterocycles. The van der Waals surface area contributed by atoms with Crippen LogP contribution >= 0.6 is 0 Å². The molecule has 1 aliphatic rings. The molecule has 4 rings (SSSR count). The van der Waals surface area contributed by atoms with Gasteiger partial charge in [-0.3, -0.25) is 9.78 Å². The fourth-order valence-corrected chi connectivity index (χ4v) is 3.79. The van der Waals surface area contributed by atoms with Crippen molar-refractivity contribution in [3.8, 4) is 11.5 Å². The lowest BCUT2D eigenvalue weighted by atomic mass is 9.74. The van der Waals surface area contributed by atoms with Crippen LogP contribution < -0.4 is 5.32 Å². The molecule has 1 unspecified atom stereocenters.